The Kier molecular flexibility index (Phi) is 4.55. The summed E-state index contributed by atoms with van der Waals surface area (Å²) in [6.45, 7) is 5.18. The number of anilines is 1. The summed E-state index contributed by atoms with van der Waals surface area (Å²) in [7, 11) is 0. The number of hydrogen-bond acceptors (Lipinski definition) is 5. The first-order valence-electron chi connectivity index (χ1n) is 6.40. The minimum Gasteiger partial charge on any atom is -0.361 e. The van der Waals surface area contributed by atoms with E-state index in [0.717, 1.165) is 32.5 Å². The van der Waals surface area contributed by atoms with Crippen LogP contribution in [0.25, 0.3) is 0 Å². The summed E-state index contributed by atoms with van der Waals surface area (Å²) < 4.78 is 0. The molecule has 0 atom stereocenters. The number of nitrogens with one attached hydrogen (secondary N) is 1. The molecule has 1 fully saturated rings. The fraction of sp³-hybridized carbons (Fsp3) is 0.583. The molecule has 1 aromatic rings. The molecule has 0 spiro atoms. The fourth-order valence-corrected chi connectivity index (χ4v) is 2.42. The van der Waals surface area contributed by atoms with Crippen LogP contribution in [0, 0.1) is 10.1 Å². The zero-order valence-electron chi connectivity index (χ0n) is 10.8. The lowest BCUT2D eigenvalue weighted by Gasteiger charge is -2.31. The van der Waals surface area contributed by atoms with E-state index in [1.807, 2.05) is 0 Å². The molecule has 1 aromatic heterocycles. The Morgan fingerprint density at radius 2 is 2.21 bits per heavy atom. The Balaban J connectivity index is 2.06. The molecule has 0 aliphatic carbocycles. The lowest BCUT2D eigenvalue weighted by molar-refractivity contribution is -0.384. The number of likely N-dealkylation sites (tertiary alicyclic amines) is 1. The average Bonchev–Trinajstić information content (AvgIpc) is 2.39. The van der Waals surface area contributed by atoms with Crippen molar-refractivity contribution < 1.29 is 4.92 Å². The van der Waals surface area contributed by atoms with Gasteiger partial charge in [-0.05, 0) is 25.5 Å². The minimum absolute atomic E-state index is 0.0256. The van der Waals surface area contributed by atoms with Crippen LogP contribution in [0.4, 0.5) is 11.5 Å². The molecule has 104 valence electrons. The third-order valence-electron chi connectivity index (χ3n) is 3.41. The highest BCUT2D eigenvalue weighted by atomic mass is 35.5. The van der Waals surface area contributed by atoms with Gasteiger partial charge < -0.3 is 10.2 Å². The minimum atomic E-state index is -0.438. The number of hydrogen-bond donors (Lipinski definition) is 1. The summed E-state index contributed by atoms with van der Waals surface area (Å²) in [4.78, 5) is 16.9. The molecule has 1 aliphatic heterocycles. The molecule has 6 nitrogen and oxygen atoms in total. The third-order valence-corrected chi connectivity index (χ3v) is 3.62. The summed E-state index contributed by atoms with van der Waals surface area (Å²) in [6.07, 6.45) is 1.92. The Morgan fingerprint density at radius 1 is 1.53 bits per heavy atom. The van der Waals surface area contributed by atoms with Crippen molar-refractivity contribution in [2.45, 2.75) is 25.8 Å². The quantitative estimate of drug-likeness (QED) is 0.523. The van der Waals surface area contributed by atoms with Crippen LogP contribution in [0.1, 0.15) is 19.8 Å². The molecule has 2 rings (SSSR count). The van der Waals surface area contributed by atoms with E-state index in [-0.39, 0.29) is 22.7 Å². The van der Waals surface area contributed by atoms with Crippen molar-refractivity contribution in [3.8, 4) is 0 Å². The van der Waals surface area contributed by atoms with Gasteiger partial charge in [-0.25, -0.2) is 4.98 Å². The van der Waals surface area contributed by atoms with Crippen molar-refractivity contribution >= 4 is 23.1 Å². The first-order chi connectivity index (χ1) is 9.10. The Hall–Kier alpha value is -1.40. The van der Waals surface area contributed by atoms with Gasteiger partial charge in [0.05, 0.1) is 4.92 Å². The van der Waals surface area contributed by atoms with E-state index in [9.17, 15) is 10.1 Å². The van der Waals surface area contributed by atoms with E-state index in [4.69, 9.17) is 11.6 Å². The van der Waals surface area contributed by atoms with E-state index in [1.54, 1.807) is 0 Å². The second-order valence-corrected chi connectivity index (χ2v) is 5.00. The number of pyridine rings is 1. The second-order valence-electron chi connectivity index (χ2n) is 4.61. The Morgan fingerprint density at radius 3 is 2.79 bits per heavy atom. The van der Waals surface area contributed by atoms with Gasteiger partial charge in [0.1, 0.15) is 5.15 Å². The lowest BCUT2D eigenvalue weighted by Crippen LogP contribution is -2.39. The maximum Gasteiger partial charge on any atom is 0.311 e. The Bertz CT molecular complexity index is 461. The molecule has 1 saturated heterocycles. The molecule has 0 unspecified atom stereocenters. The van der Waals surface area contributed by atoms with Gasteiger partial charge >= 0.3 is 5.69 Å². The van der Waals surface area contributed by atoms with E-state index >= 15 is 0 Å². The molecule has 0 bridgehead atoms. The Labute approximate surface area is 116 Å². The average molecular weight is 285 g/mol. The molecule has 0 saturated carbocycles. The van der Waals surface area contributed by atoms with Crippen LogP contribution in [0.2, 0.25) is 5.15 Å². The van der Waals surface area contributed by atoms with Crippen molar-refractivity contribution in [2.75, 3.05) is 25.0 Å². The fourth-order valence-electron chi connectivity index (χ4n) is 2.27. The van der Waals surface area contributed by atoms with Gasteiger partial charge in [0.25, 0.3) is 0 Å². The molecular weight excluding hydrogens is 268 g/mol. The zero-order valence-corrected chi connectivity index (χ0v) is 11.6. The van der Waals surface area contributed by atoms with Crippen molar-refractivity contribution in [1.29, 1.82) is 0 Å². The summed E-state index contributed by atoms with van der Waals surface area (Å²) in [5.41, 5.74) is -0.0256. The van der Waals surface area contributed by atoms with E-state index in [0.29, 0.717) is 0 Å². The number of rotatable bonds is 4. The number of halogens is 1. The van der Waals surface area contributed by atoms with Crippen molar-refractivity contribution in [2.24, 2.45) is 0 Å². The highest BCUT2D eigenvalue weighted by molar-refractivity contribution is 6.29. The molecule has 0 amide bonds. The number of aromatic nitrogens is 1. The van der Waals surface area contributed by atoms with Crippen molar-refractivity contribution in [3.63, 3.8) is 0 Å². The molecule has 0 radical (unpaired) electrons. The number of nitro groups is 1. The van der Waals surface area contributed by atoms with E-state index < -0.39 is 4.92 Å². The standard InChI is InChI=1S/C12H17ClN4O2/c1-2-16-7-5-9(6-8-16)14-12-10(17(18)19)3-4-11(13)15-12/h3-4,9H,2,5-8H2,1H3,(H,14,15). The molecule has 0 aromatic carbocycles. The van der Waals surface area contributed by atoms with Crippen LogP contribution in [0.15, 0.2) is 12.1 Å². The predicted octanol–water partition coefficient (Wildman–Crippen LogP) is 2.54. The molecule has 7 heteroatoms. The van der Waals surface area contributed by atoms with Crippen LogP contribution in [0.3, 0.4) is 0 Å². The lowest BCUT2D eigenvalue weighted by atomic mass is 10.1. The third kappa shape index (κ3) is 3.54. The summed E-state index contributed by atoms with van der Waals surface area (Å²) in [5.74, 6) is 0.271. The summed E-state index contributed by atoms with van der Waals surface area (Å²) in [5, 5.41) is 14.4. The highest BCUT2D eigenvalue weighted by Crippen LogP contribution is 2.26. The summed E-state index contributed by atoms with van der Waals surface area (Å²) in [6, 6.07) is 3.04. The van der Waals surface area contributed by atoms with Crippen LogP contribution in [-0.4, -0.2) is 40.5 Å². The van der Waals surface area contributed by atoms with E-state index in [2.05, 4.69) is 22.1 Å². The smallest absolute Gasteiger partial charge is 0.311 e. The second kappa shape index (κ2) is 6.16. The maximum absolute atomic E-state index is 10.9. The highest BCUT2D eigenvalue weighted by Gasteiger charge is 2.22. The van der Waals surface area contributed by atoms with Gasteiger partial charge in [0.15, 0.2) is 0 Å². The van der Waals surface area contributed by atoms with Gasteiger partial charge in [-0.15, -0.1) is 0 Å². The van der Waals surface area contributed by atoms with Crippen LogP contribution >= 0.6 is 11.6 Å². The van der Waals surface area contributed by atoms with Crippen molar-refractivity contribution in [3.05, 3.63) is 27.4 Å². The van der Waals surface area contributed by atoms with Gasteiger partial charge in [-0.2, -0.15) is 0 Å². The van der Waals surface area contributed by atoms with Crippen LogP contribution in [0.5, 0.6) is 0 Å². The van der Waals surface area contributed by atoms with Gasteiger partial charge in [-0.1, -0.05) is 18.5 Å². The van der Waals surface area contributed by atoms with Crippen molar-refractivity contribution in [1.82, 2.24) is 9.88 Å². The molecule has 1 N–H and O–H groups in total. The largest absolute Gasteiger partial charge is 0.361 e. The first kappa shape index (κ1) is 14.0. The monoisotopic (exact) mass is 284 g/mol. The molecule has 2 heterocycles. The summed E-state index contributed by atoms with van der Waals surface area (Å²) >= 11 is 5.80. The maximum atomic E-state index is 10.9. The SMILES string of the molecule is CCN1CCC(Nc2nc(Cl)ccc2[N+](=O)[O-])CC1. The van der Waals surface area contributed by atoms with Gasteiger partial charge in [0.2, 0.25) is 5.82 Å². The number of piperidine rings is 1. The van der Waals surface area contributed by atoms with Gasteiger partial charge in [-0.3, -0.25) is 10.1 Å². The molecule has 1 aliphatic rings. The zero-order chi connectivity index (χ0) is 13.8. The number of nitrogens with zero attached hydrogens (tertiary/aromatic N) is 3. The first-order valence-corrected chi connectivity index (χ1v) is 6.77. The van der Waals surface area contributed by atoms with E-state index in [1.165, 1.54) is 12.1 Å². The predicted molar refractivity (Wildman–Crippen MR) is 74.7 cm³/mol. The topological polar surface area (TPSA) is 71.3 Å². The van der Waals surface area contributed by atoms with Gasteiger partial charge in [0, 0.05) is 25.2 Å². The molecule has 19 heavy (non-hydrogen) atoms. The van der Waals surface area contributed by atoms with Crippen LogP contribution in [-0.2, 0) is 0 Å². The van der Waals surface area contributed by atoms with Crippen LogP contribution < -0.4 is 5.32 Å². The normalized spacial score (nSPS) is 17.4. The molecular formula is C12H17ClN4O2.